The van der Waals surface area contributed by atoms with Crippen molar-refractivity contribution >= 4 is 34.5 Å². The molecule has 2 N–H and O–H groups in total. The van der Waals surface area contributed by atoms with Crippen LogP contribution >= 0.6 is 22.6 Å². The van der Waals surface area contributed by atoms with E-state index in [1.54, 1.807) is 0 Å². The number of hydrogen-bond donors (Lipinski definition) is 2. The minimum absolute atomic E-state index is 0.00172. The summed E-state index contributed by atoms with van der Waals surface area (Å²) >= 11 is 2.01. The van der Waals surface area contributed by atoms with Crippen molar-refractivity contribution in [1.82, 2.24) is 5.32 Å². The number of halogens is 1. The van der Waals surface area contributed by atoms with E-state index in [1.165, 1.54) is 0 Å². The van der Waals surface area contributed by atoms with Crippen molar-refractivity contribution in [2.24, 2.45) is 0 Å². The molecule has 0 aromatic rings. The van der Waals surface area contributed by atoms with Crippen molar-refractivity contribution in [3.8, 4) is 0 Å². The maximum atomic E-state index is 11.0. The molecule has 0 aromatic carbocycles. The van der Waals surface area contributed by atoms with Crippen LogP contribution in [0, 0.1) is 0 Å². The van der Waals surface area contributed by atoms with Crippen LogP contribution in [0.25, 0.3) is 0 Å². The van der Waals surface area contributed by atoms with Gasteiger partial charge >= 0.3 is 5.97 Å². The summed E-state index contributed by atoms with van der Waals surface area (Å²) in [7, 11) is 0. The van der Waals surface area contributed by atoms with E-state index in [4.69, 9.17) is 33.5 Å². The first kappa shape index (κ1) is 27.4. The molecule has 0 radical (unpaired) electrons. The average molecular weight is 521 g/mol. The fourth-order valence-electron chi connectivity index (χ4n) is 1.67. The molecule has 11 heteroatoms. The van der Waals surface area contributed by atoms with Gasteiger partial charge in [0.1, 0.15) is 0 Å². The van der Waals surface area contributed by atoms with Gasteiger partial charge in [-0.3, -0.25) is 9.59 Å². The van der Waals surface area contributed by atoms with Crippen LogP contribution in [0.4, 0.5) is 0 Å². The molecule has 0 bridgehead atoms. The quantitative estimate of drug-likeness (QED) is 0.116. The highest BCUT2D eigenvalue weighted by atomic mass is 127. The number of carbonyl (C=O) groups excluding carboxylic acids is 1. The molecule has 0 spiro atoms. The predicted molar refractivity (Wildman–Crippen MR) is 109 cm³/mol. The minimum Gasteiger partial charge on any atom is -0.481 e. The summed E-state index contributed by atoms with van der Waals surface area (Å²) in [5, 5.41) is 11.1. The zero-order valence-electron chi connectivity index (χ0n) is 16.2. The number of carboxylic acid groups (broad SMARTS) is 1. The molecular formula is C17H32INO9. The van der Waals surface area contributed by atoms with Gasteiger partial charge in [-0.25, -0.2) is 0 Å². The summed E-state index contributed by atoms with van der Waals surface area (Å²) in [5.74, 6) is -0.865. The Hall–Kier alpha value is -0.570. The van der Waals surface area contributed by atoms with Crippen molar-refractivity contribution in [1.29, 1.82) is 0 Å². The van der Waals surface area contributed by atoms with Gasteiger partial charge in [0, 0.05) is 6.54 Å². The van der Waals surface area contributed by atoms with Gasteiger partial charge in [0.05, 0.1) is 90.1 Å². The van der Waals surface area contributed by atoms with Crippen molar-refractivity contribution in [3.63, 3.8) is 0 Å². The van der Waals surface area contributed by atoms with Crippen LogP contribution < -0.4 is 5.32 Å². The Morgan fingerprint density at radius 2 is 1.00 bits per heavy atom. The molecule has 0 heterocycles. The lowest BCUT2D eigenvalue weighted by Crippen LogP contribution is -2.28. The molecule has 1 amide bonds. The highest BCUT2D eigenvalue weighted by Crippen LogP contribution is 1.86. The first-order valence-corrected chi connectivity index (χ1v) is 10.7. The maximum absolute atomic E-state index is 11.0. The zero-order valence-corrected chi connectivity index (χ0v) is 18.4. The molecule has 0 aromatic heterocycles. The average Bonchev–Trinajstić information content (AvgIpc) is 2.68. The molecule has 0 saturated heterocycles. The van der Waals surface area contributed by atoms with Crippen LogP contribution in [0.3, 0.4) is 0 Å². The first-order valence-electron chi connectivity index (χ1n) is 9.17. The predicted octanol–water partition coefficient (Wildman–Crippen LogP) is 0.112. The van der Waals surface area contributed by atoms with E-state index < -0.39 is 5.97 Å². The first-order chi connectivity index (χ1) is 13.7. The lowest BCUT2D eigenvalue weighted by Gasteiger charge is -2.08. The number of carboxylic acids is 1. The Labute approximate surface area is 179 Å². The van der Waals surface area contributed by atoms with Gasteiger partial charge in [0.15, 0.2) is 0 Å². The van der Waals surface area contributed by atoms with E-state index in [2.05, 4.69) is 5.32 Å². The van der Waals surface area contributed by atoms with Crippen molar-refractivity contribution < 1.29 is 43.1 Å². The number of alkyl halides is 1. The van der Waals surface area contributed by atoms with Crippen molar-refractivity contribution in [3.05, 3.63) is 0 Å². The Balaban J connectivity index is 3.03. The van der Waals surface area contributed by atoms with Crippen LogP contribution in [0.1, 0.15) is 6.42 Å². The number of ether oxygens (including phenoxy) is 6. The van der Waals surface area contributed by atoms with E-state index in [1.807, 2.05) is 22.6 Å². The zero-order chi connectivity index (χ0) is 20.7. The highest BCUT2D eigenvalue weighted by Gasteiger charge is 1.97. The molecule has 0 saturated carbocycles. The number of aliphatic carboxylic acids is 1. The third-order valence-electron chi connectivity index (χ3n) is 3.01. The molecule has 0 aliphatic carbocycles. The third-order valence-corrected chi connectivity index (χ3v) is 3.70. The van der Waals surface area contributed by atoms with Gasteiger partial charge < -0.3 is 38.8 Å². The molecule has 166 valence electrons. The molecule has 0 atom stereocenters. The second-order valence-corrected chi connectivity index (χ2v) is 6.06. The van der Waals surface area contributed by atoms with Gasteiger partial charge in [0.2, 0.25) is 5.91 Å². The molecule has 0 rings (SSSR count). The number of amides is 1. The summed E-state index contributed by atoms with van der Waals surface area (Å²) in [6, 6.07) is 0. The van der Waals surface area contributed by atoms with Crippen molar-refractivity contribution in [2.45, 2.75) is 6.42 Å². The van der Waals surface area contributed by atoms with Crippen LogP contribution in [-0.4, -0.2) is 107 Å². The molecule has 28 heavy (non-hydrogen) atoms. The van der Waals surface area contributed by atoms with Gasteiger partial charge in [-0.1, -0.05) is 22.6 Å². The lowest BCUT2D eigenvalue weighted by molar-refractivity contribution is -0.138. The minimum atomic E-state index is -0.873. The van der Waals surface area contributed by atoms with E-state index >= 15 is 0 Å². The third kappa shape index (κ3) is 23.5. The van der Waals surface area contributed by atoms with Gasteiger partial charge in [0.25, 0.3) is 0 Å². The van der Waals surface area contributed by atoms with E-state index in [-0.39, 0.29) is 18.9 Å². The van der Waals surface area contributed by atoms with Crippen molar-refractivity contribution in [2.75, 3.05) is 90.3 Å². The highest BCUT2D eigenvalue weighted by molar-refractivity contribution is 14.1. The SMILES string of the molecule is O=C(O)CCOCCOCCOCCOCCOCCOCCNC(=O)CI. The van der Waals surface area contributed by atoms with Gasteiger partial charge in [-0.15, -0.1) is 0 Å². The van der Waals surface area contributed by atoms with Gasteiger partial charge in [-0.05, 0) is 0 Å². The van der Waals surface area contributed by atoms with E-state index in [9.17, 15) is 9.59 Å². The summed E-state index contributed by atoms with van der Waals surface area (Å²) in [6.07, 6.45) is 0.00172. The molecule has 0 aliphatic rings. The van der Waals surface area contributed by atoms with Crippen LogP contribution in [0.15, 0.2) is 0 Å². The topological polar surface area (TPSA) is 122 Å². The smallest absolute Gasteiger partial charge is 0.305 e. The molecule has 10 nitrogen and oxygen atoms in total. The molecular weight excluding hydrogens is 489 g/mol. The Bertz CT molecular complexity index is 375. The Morgan fingerprint density at radius 3 is 1.36 bits per heavy atom. The summed E-state index contributed by atoms with van der Waals surface area (Å²) in [4.78, 5) is 21.2. The summed E-state index contributed by atoms with van der Waals surface area (Å²) in [5.41, 5.74) is 0. The van der Waals surface area contributed by atoms with Crippen LogP contribution in [0.5, 0.6) is 0 Å². The Morgan fingerprint density at radius 1 is 0.643 bits per heavy atom. The molecule has 0 fully saturated rings. The number of hydrogen-bond acceptors (Lipinski definition) is 8. The monoisotopic (exact) mass is 521 g/mol. The van der Waals surface area contributed by atoms with Crippen LogP contribution in [0.2, 0.25) is 0 Å². The summed E-state index contributed by atoms with van der Waals surface area (Å²) < 4.78 is 32.2. The second-order valence-electron chi connectivity index (χ2n) is 5.30. The van der Waals surface area contributed by atoms with E-state index in [0.717, 1.165) is 0 Å². The number of rotatable bonds is 22. The van der Waals surface area contributed by atoms with E-state index in [0.29, 0.717) is 83.6 Å². The fourth-order valence-corrected chi connectivity index (χ4v) is 1.94. The molecule has 0 aliphatic heterocycles. The number of nitrogens with one attached hydrogen (secondary N) is 1. The standard InChI is InChI=1S/C17H32INO9/c18-15-16(20)19-2-4-24-6-8-26-10-12-28-14-13-27-11-9-25-7-5-23-3-1-17(21)22/h1-15H2,(H,19,20)(H,21,22). The van der Waals surface area contributed by atoms with Gasteiger partial charge in [-0.2, -0.15) is 0 Å². The molecule has 0 unspecified atom stereocenters. The second kappa shape index (κ2) is 22.7. The van der Waals surface area contributed by atoms with Crippen LogP contribution in [-0.2, 0) is 38.0 Å². The largest absolute Gasteiger partial charge is 0.481 e. The maximum Gasteiger partial charge on any atom is 0.305 e. The normalized spacial score (nSPS) is 10.9. The Kier molecular flexibility index (Phi) is 22.3. The summed E-state index contributed by atoms with van der Waals surface area (Å²) in [6.45, 7) is 5.77. The lowest BCUT2D eigenvalue weighted by atomic mass is 10.5. The number of carbonyl (C=O) groups is 2. The fraction of sp³-hybridized carbons (Fsp3) is 0.882.